The second-order valence-corrected chi connectivity index (χ2v) is 4.26. The van der Waals surface area contributed by atoms with Crippen LogP contribution >= 0.6 is 11.6 Å². The molecule has 0 heterocycles. The maximum atomic E-state index is 11.4. The van der Waals surface area contributed by atoms with Gasteiger partial charge in [-0.1, -0.05) is 29.8 Å². The SMILES string of the molecule is O=C1CCCC1Cc1ccccc1Cl. The van der Waals surface area contributed by atoms with E-state index in [0.717, 1.165) is 36.3 Å². The minimum Gasteiger partial charge on any atom is -0.299 e. The van der Waals surface area contributed by atoms with Gasteiger partial charge in [-0.2, -0.15) is 0 Å². The summed E-state index contributed by atoms with van der Waals surface area (Å²) in [6.07, 6.45) is 3.66. The Morgan fingerprint density at radius 3 is 2.79 bits per heavy atom. The number of Topliss-reactive ketones (excluding diaryl/α,β-unsaturated/α-hetero) is 1. The molecule has 0 N–H and O–H groups in total. The lowest BCUT2D eigenvalue weighted by Gasteiger charge is -2.08. The van der Waals surface area contributed by atoms with Gasteiger partial charge in [0.15, 0.2) is 0 Å². The summed E-state index contributed by atoms with van der Waals surface area (Å²) in [6.45, 7) is 0. The lowest BCUT2D eigenvalue weighted by atomic mass is 9.97. The maximum absolute atomic E-state index is 11.4. The van der Waals surface area contributed by atoms with Gasteiger partial charge < -0.3 is 0 Å². The highest BCUT2D eigenvalue weighted by Crippen LogP contribution is 2.27. The van der Waals surface area contributed by atoms with Gasteiger partial charge in [0.1, 0.15) is 5.78 Å². The first kappa shape index (κ1) is 9.72. The van der Waals surface area contributed by atoms with Crippen LogP contribution in [0.2, 0.25) is 5.02 Å². The molecule has 1 aromatic rings. The first-order valence-corrected chi connectivity index (χ1v) is 5.41. The third kappa shape index (κ3) is 1.98. The number of halogens is 1. The fourth-order valence-electron chi connectivity index (χ4n) is 2.03. The van der Waals surface area contributed by atoms with E-state index in [2.05, 4.69) is 0 Å². The average molecular weight is 209 g/mol. The van der Waals surface area contributed by atoms with Gasteiger partial charge in [0.05, 0.1) is 0 Å². The number of carbonyl (C=O) groups excluding carboxylic acids is 1. The zero-order valence-electron chi connectivity index (χ0n) is 8.00. The normalized spacial score (nSPS) is 21.5. The van der Waals surface area contributed by atoms with E-state index in [0.29, 0.717) is 5.78 Å². The molecule has 1 aliphatic carbocycles. The fourth-order valence-corrected chi connectivity index (χ4v) is 2.25. The van der Waals surface area contributed by atoms with Crippen molar-refractivity contribution in [1.29, 1.82) is 0 Å². The molecule has 1 atom stereocenters. The minimum absolute atomic E-state index is 0.217. The van der Waals surface area contributed by atoms with Crippen molar-refractivity contribution in [3.8, 4) is 0 Å². The summed E-state index contributed by atoms with van der Waals surface area (Å²) in [6, 6.07) is 7.78. The first-order chi connectivity index (χ1) is 6.77. The summed E-state index contributed by atoms with van der Waals surface area (Å²) in [7, 11) is 0. The number of carbonyl (C=O) groups is 1. The molecule has 1 aromatic carbocycles. The van der Waals surface area contributed by atoms with Crippen molar-refractivity contribution in [3.63, 3.8) is 0 Å². The van der Waals surface area contributed by atoms with Crippen LogP contribution in [-0.4, -0.2) is 5.78 Å². The topological polar surface area (TPSA) is 17.1 Å². The highest BCUT2D eigenvalue weighted by Gasteiger charge is 2.24. The van der Waals surface area contributed by atoms with Crippen molar-refractivity contribution >= 4 is 17.4 Å². The molecular weight excluding hydrogens is 196 g/mol. The van der Waals surface area contributed by atoms with Crippen LogP contribution < -0.4 is 0 Å². The van der Waals surface area contributed by atoms with Gasteiger partial charge >= 0.3 is 0 Å². The molecule has 1 nitrogen and oxygen atoms in total. The molecule has 1 aliphatic rings. The van der Waals surface area contributed by atoms with E-state index in [-0.39, 0.29) is 5.92 Å². The van der Waals surface area contributed by atoms with Crippen molar-refractivity contribution in [2.75, 3.05) is 0 Å². The first-order valence-electron chi connectivity index (χ1n) is 5.03. The molecule has 1 unspecified atom stereocenters. The predicted molar refractivity (Wildman–Crippen MR) is 57.5 cm³/mol. The smallest absolute Gasteiger partial charge is 0.136 e. The van der Waals surface area contributed by atoms with Crippen LogP contribution in [0.4, 0.5) is 0 Å². The van der Waals surface area contributed by atoms with Crippen molar-refractivity contribution in [2.45, 2.75) is 25.7 Å². The average Bonchev–Trinajstić information content (AvgIpc) is 2.56. The Balaban J connectivity index is 2.10. The van der Waals surface area contributed by atoms with Crippen LogP contribution in [0.1, 0.15) is 24.8 Å². The Labute approximate surface area is 89.1 Å². The van der Waals surface area contributed by atoms with Gasteiger partial charge in [0.2, 0.25) is 0 Å². The van der Waals surface area contributed by atoms with Crippen LogP contribution in [0.15, 0.2) is 24.3 Å². The number of benzene rings is 1. The van der Waals surface area contributed by atoms with E-state index < -0.39 is 0 Å². The van der Waals surface area contributed by atoms with Gasteiger partial charge in [-0.25, -0.2) is 0 Å². The molecular formula is C12H13ClO. The van der Waals surface area contributed by atoms with Gasteiger partial charge in [-0.05, 0) is 30.9 Å². The summed E-state index contributed by atoms with van der Waals surface area (Å²) >= 11 is 6.04. The van der Waals surface area contributed by atoms with Crippen LogP contribution in [-0.2, 0) is 11.2 Å². The van der Waals surface area contributed by atoms with Crippen molar-refractivity contribution < 1.29 is 4.79 Å². The zero-order valence-corrected chi connectivity index (χ0v) is 8.76. The summed E-state index contributed by atoms with van der Waals surface area (Å²) in [5.74, 6) is 0.625. The molecule has 0 amide bonds. The second kappa shape index (κ2) is 4.14. The Morgan fingerprint density at radius 1 is 1.36 bits per heavy atom. The van der Waals surface area contributed by atoms with E-state index >= 15 is 0 Å². The number of ketones is 1. The molecule has 0 aromatic heterocycles. The summed E-state index contributed by atoms with van der Waals surface area (Å²) in [5.41, 5.74) is 1.11. The molecule has 1 fully saturated rings. The Hall–Kier alpha value is -0.820. The molecule has 0 bridgehead atoms. The zero-order chi connectivity index (χ0) is 9.97. The third-order valence-electron chi connectivity index (χ3n) is 2.86. The van der Waals surface area contributed by atoms with Gasteiger partial charge in [-0.15, -0.1) is 0 Å². The maximum Gasteiger partial charge on any atom is 0.136 e. The van der Waals surface area contributed by atoms with E-state index in [4.69, 9.17) is 11.6 Å². The molecule has 14 heavy (non-hydrogen) atoms. The van der Waals surface area contributed by atoms with E-state index in [1.165, 1.54) is 0 Å². The quantitative estimate of drug-likeness (QED) is 0.729. The standard InChI is InChI=1S/C12H13ClO/c13-11-6-2-1-4-9(11)8-10-5-3-7-12(10)14/h1-2,4,6,10H,3,5,7-8H2. The van der Waals surface area contributed by atoms with Gasteiger partial charge in [0.25, 0.3) is 0 Å². The molecule has 1 saturated carbocycles. The van der Waals surface area contributed by atoms with E-state index in [1.54, 1.807) is 0 Å². The van der Waals surface area contributed by atoms with Crippen LogP contribution in [0, 0.1) is 5.92 Å². The highest BCUT2D eigenvalue weighted by atomic mass is 35.5. The molecule has 0 saturated heterocycles. The molecule has 0 radical (unpaired) electrons. The summed E-state index contributed by atoms with van der Waals surface area (Å²) in [5, 5.41) is 0.784. The summed E-state index contributed by atoms with van der Waals surface area (Å²) in [4.78, 5) is 11.4. The number of rotatable bonds is 2. The van der Waals surface area contributed by atoms with Gasteiger partial charge in [0, 0.05) is 17.4 Å². The Bertz CT molecular complexity index is 346. The third-order valence-corrected chi connectivity index (χ3v) is 3.22. The second-order valence-electron chi connectivity index (χ2n) is 3.85. The molecule has 2 heteroatoms. The van der Waals surface area contributed by atoms with Crippen molar-refractivity contribution in [3.05, 3.63) is 34.9 Å². The Kier molecular flexibility index (Phi) is 2.87. The fraction of sp³-hybridized carbons (Fsp3) is 0.417. The Morgan fingerprint density at radius 2 is 2.14 bits per heavy atom. The number of hydrogen-bond acceptors (Lipinski definition) is 1. The van der Waals surface area contributed by atoms with Crippen molar-refractivity contribution in [1.82, 2.24) is 0 Å². The molecule has 74 valence electrons. The highest BCUT2D eigenvalue weighted by molar-refractivity contribution is 6.31. The lowest BCUT2D eigenvalue weighted by molar-refractivity contribution is -0.120. The summed E-state index contributed by atoms with van der Waals surface area (Å²) < 4.78 is 0. The van der Waals surface area contributed by atoms with Crippen LogP contribution in [0.3, 0.4) is 0 Å². The molecule has 0 spiro atoms. The molecule has 0 aliphatic heterocycles. The largest absolute Gasteiger partial charge is 0.299 e. The monoisotopic (exact) mass is 208 g/mol. The van der Waals surface area contributed by atoms with Gasteiger partial charge in [-0.3, -0.25) is 4.79 Å². The van der Waals surface area contributed by atoms with Crippen LogP contribution in [0.25, 0.3) is 0 Å². The number of hydrogen-bond donors (Lipinski definition) is 0. The minimum atomic E-state index is 0.217. The van der Waals surface area contributed by atoms with Crippen LogP contribution in [0.5, 0.6) is 0 Å². The molecule has 2 rings (SSSR count). The van der Waals surface area contributed by atoms with E-state index in [9.17, 15) is 4.79 Å². The lowest BCUT2D eigenvalue weighted by Crippen LogP contribution is -2.09. The van der Waals surface area contributed by atoms with Crippen molar-refractivity contribution in [2.24, 2.45) is 5.92 Å². The van der Waals surface area contributed by atoms with E-state index in [1.807, 2.05) is 24.3 Å². The predicted octanol–water partition coefficient (Wildman–Crippen LogP) is 3.25.